The summed E-state index contributed by atoms with van der Waals surface area (Å²) in [6, 6.07) is 0.868. The van der Waals surface area contributed by atoms with Crippen LogP contribution in [0.3, 0.4) is 0 Å². The van der Waals surface area contributed by atoms with Crippen LogP contribution in [-0.2, 0) is 4.74 Å². The third-order valence-corrected chi connectivity index (χ3v) is 5.95. The van der Waals surface area contributed by atoms with E-state index in [0.717, 1.165) is 45.3 Å². The molecule has 4 aliphatic rings. The van der Waals surface area contributed by atoms with Crippen LogP contribution in [0.2, 0.25) is 0 Å². The summed E-state index contributed by atoms with van der Waals surface area (Å²) in [7, 11) is 2.20. The summed E-state index contributed by atoms with van der Waals surface area (Å²) in [5.74, 6) is 0.666. The van der Waals surface area contributed by atoms with Gasteiger partial charge in [-0.2, -0.15) is 0 Å². The standard InChI is InChI=1S/C16H27N3O2/c1-18-8-6-14-11(10-18)3-2-7-19(14)16(20)17-13-9-12-4-5-15(13)21-12/h11-15H,2-10H2,1H3,(H,17,20)/t11-,12+,13+,14+,15+/m0/s1. The Morgan fingerprint density at radius 2 is 2.10 bits per heavy atom. The number of urea groups is 1. The molecule has 0 aliphatic carbocycles. The van der Waals surface area contributed by atoms with Crippen molar-refractivity contribution < 1.29 is 9.53 Å². The molecule has 0 aromatic heterocycles. The Kier molecular flexibility index (Phi) is 3.58. The lowest BCUT2D eigenvalue weighted by molar-refractivity contribution is 0.0504. The van der Waals surface area contributed by atoms with Crippen molar-refractivity contribution in [3.05, 3.63) is 0 Å². The van der Waals surface area contributed by atoms with E-state index in [-0.39, 0.29) is 18.2 Å². The van der Waals surface area contributed by atoms with Gasteiger partial charge in [-0.05, 0) is 58.0 Å². The van der Waals surface area contributed by atoms with Gasteiger partial charge in [-0.15, -0.1) is 0 Å². The Hall–Kier alpha value is -0.810. The van der Waals surface area contributed by atoms with E-state index < -0.39 is 0 Å². The zero-order chi connectivity index (χ0) is 14.4. The van der Waals surface area contributed by atoms with E-state index in [2.05, 4.69) is 22.2 Å². The molecule has 4 aliphatic heterocycles. The number of hydrogen-bond donors (Lipinski definition) is 1. The van der Waals surface area contributed by atoms with Gasteiger partial charge in [0.1, 0.15) is 0 Å². The molecule has 21 heavy (non-hydrogen) atoms. The van der Waals surface area contributed by atoms with Crippen LogP contribution in [0.25, 0.3) is 0 Å². The van der Waals surface area contributed by atoms with Gasteiger partial charge in [-0.25, -0.2) is 4.79 Å². The van der Waals surface area contributed by atoms with Gasteiger partial charge in [0.2, 0.25) is 0 Å². The number of rotatable bonds is 1. The van der Waals surface area contributed by atoms with Crippen LogP contribution in [0, 0.1) is 5.92 Å². The quantitative estimate of drug-likeness (QED) is 0.795. The summed E-state index contributed by atoms with van der Waals surface area (Å²) in [6.07, 6.45) is 7.54. The monoisotopic (exact) mass is 293 g/mol. The minimum Gasteiger partial charge on any atom is -0.373 e. The van der Waals surface area contributed by atoms with Crippen molar-refractivity contribution in [2.75, 3.05) is 26.7 Å². The molecule has 5 nitrogen and oxygen atoms in total. The van der Waals surface area contributed by atoms with Crippen molar-refractivity contribution in [3.8, 4) is 0 Å². The maximum Gasteiger partial charge on any atom is 0.317 e. The molecule has 4 fully saturated rings. The van der Waals surface area contributed by atoms with Crippen LogP contribution in [0.15, 0.2) is 0 Å². The van der Waals surface area contributed by atoms with Crippen molar-refractivity contribution in [1.82, 2.24) is 15.1 Å². The number of nitrogens with zero attached hydrogens (tertiary/aromatic N) is 2. The lowest BCUT2D eigenvalue weighted by Crippen LogP contribution is -2.59. The van der Waals surface area contributed by atoms with Crippen LogP contribution < -0.4 is 5.32 Å². The molecule has 118 valence electrons. The van der Waals surface area contributed by atoms with Gasteiger partial charge in [0.15, 0.2) is 0 Å². The van der Waals surface area contributed by atoms with Gasteiger partial charge in [-0.1, -0.05) is 0 Å². The number of carbonyl (C=O) groups is 1. The normalized spacial score (nSPS) is 42.9. The Morgan fingerprint density at radius 3 is 2.86 bits per heavy atom. The third kappa shape index (κ3) is 2.55. The molecule has 4 saturated heterocycles. The molecule has 0 unspecified atom stereocenters. The predicted octanol–water partition coefficient (Wildman–Crippen LogP) is 1.43. The van der Waals surface area contributed by atoms with Gasteiger partial charge in [0.05, 0.1) is 18.2 Å². The molecule has 0 aromatic rings. The molecule has 0 aromatic carbocycles. The van der Waals surface area contributed by atoms with Gasteiger partial charge in [0, 0.05) is 19.1 Å². The molecule has 1 N–H and O–H groups in total. The lowest BCUT2D eigenvalue weighted by atomic mass is 9.84. The number of likely N-dealkylation sites (tertiary alicyclic amines) is 2. The number of nitrogens with one attached hydrogen (secondary N) is 1. The summed E-state index contributed by atoms with van der Waals surface area (Å²) >= 11 is 0. The maximum absolute atomic E-state index is 12.7. The first-order valence-corrected chi connectivity index (χ1v) is 8.62. The van der Waals surface area contributed by atoms with Crippen molar-refractivity contribution >= 4 is 6.03 Å². The number of ether oxygens (including phenoxy) is 1. The van der Waals surface area contributed by atoms with Crippen molar-refractivity contribution in [1.29, 1.82) is 0 Å². The minimum absolute atomic E-state index is 0.162. The second kappa shape index (κ2) is 5.43. The fourth-order valence-corrected chi connectivity index (χ4v) is 4.87. The number of amides is 2. The molecular weight excluding hydrogens is 266 g/mol. The highest BCUT2D eigenvalue weighted by atomic mass is 16.5. The summed E-state index contributed by atoms with van der Waals surface area (Å²) in [6.45, 7) is 3.19. The largest absolute Gasteiger partial charge is 0.373 e. The van der Waals surface area contributed by atoms with E-state index >= 15 is 0 Å². The molecule has 0 radical (unpaired) electrons. The highest BCUT2D eigenvalue weighted by Crippen LogP contribution is 2.35. The van der Waals surface area contributed by atoms with Crippen molar-refractivity contribution in [3.63, 3.8) is 0 Å². The second-order valence-corrected chi connectivity index (χ2v) is 7.38. The van der Waals surface area contributed by atoms with Crippen LogP contribution >= 0.6 is 0 Å². The molecule has 0 saturated carbocycles. The van der Waals surface area contributed by atoms with Crippen LogP contribution in [0.1, 0.15) is 38.5 Å². The topological polar surface area (TPSA) is 44.8 Å². The van der Waals surface area contributed by atoms with E-state index in [0.29, 0.717) is 18.1 Å². The van der Waals surface area contributed by atoms with E-state index in [1.807, 2.05) is 0 Å². The number of piperidine rings is 2. The molecule has 4 rings (SSSR count). The molecule has 2 amide bonds. The van der Waals surface area contributed by atoms with Gasteiger partial charge in [0.25, 0.3) is 0 Å². The molecule has 5 atom stereocenters. The zero-order valence-corrected chi connectivity index (χ0v) is 13.0. The van der Waals surface area contributed by atoms with Crippen molar-refractivity contribution in [2.24, 2.45) is 5.92 Å². The third-order valence-electron chi connectivity index (χ3n) is 5.95. The van der Waals surface area contributed by atoms with Gasteiger partial charge >= 0.3 is 6.03 Å². The zero-order valence-electron chi connectivity index (χ0n) is 13.0. The molecule has 4 heterocycles. The smallest absolute Gasteiger partial charge is 0.317 e. The van der Waals surface area contributed by atoms with E-state index in [4.69, 9.17) is 4.74 Å². The molecule has 2 bridgehead atoms. The summed E-state index contributed by atoms with van der Waals surface area (Å²) < 4.78 is 5.85. The van der Waals surface area contributed by atoms with Crippen LogP contribution in [0.5, 0.6) is 0 Å². The number of hydrogen-bond acceptors (Lipinski definition) is 3. The highest BCUT2D eigenvalue weighted by molar-refractivity contribution is 5.75. The highest BCUT2D eigenvalue weighted by Gasteiger charge is 2.43. The van der Waals surface area contributed by atoms with Crippen LogP contribution in [0.4, 0.5) is 4.79 Å². The first-order valence-electron chi connectivity index (χ1n) is 8.62. The van der Waals surface area contributed by atoms with Crippen LogP contribution in [-0.4, -0.2) is 66.8 Å². The molecular formula is C16H27N3O2. The average Bonchev–Trinajstić information content (AvgIpc) is 3.08. The average molecular weight is 293 g/mol. The number of fused-ring (bicyclic) bond motifs is 3. The predicted molar refractivity (Wildman–Crippen MR) is 80.2 cm³/mol. The number of carbonyl (C=O) groups excluding carboxylic acids is 1. The second-order valence-electron chi connectivity index (χ2n) is 7.38. The Morgan fingerprint density at radius 1 is 1.19 bits per heavy atom. The maximum atomic E-state index is 12.7. The van der Waals surface area contributed by atoms with Crippen molar-refractivity contribution in [2.45, 2.75) is 62.8 Å². The van der Waals surface area contributed by atoms with E-state index in [1.165, 1.54) is 12.8 Å². The first kappa shape index (κ1) is 13.8. The van der Waals surface area contributed by atoms with E-state index in [1.54, 1.807) is 0 Å². The Balaban J connectivity index is 1.39. The molecule has 0 spiro atoms. The summed E-state index contributed by atoms with van der Waals surface area (Å²) in [5, 5.41) is 3.27. The van der Waals surface area contributed by atoms with Gasteiger partial charge < -0.3 is 19.9 Å². The Bertz CT molecular complexity index is 416. The SMILES string of the molecule is CN1CC[C@@H]2[C@@H](CCCN2C(=O)N[C@@H]2C[C@H]3CC[C@H]2O3)C1. The fraction of sp³-hybridized carbons (Fsp3) is 0.938. The first-order chi connectivity index (χ1) is 10.2. The molecule has 5 heteroatoms. The summed E-state index contributed by atoms with van der Waals surface area (Å²) in [5.41, 5.74) is 0. The van der Waals surface area contributed by atoms with E-state index in [9.17, 15) is 4.79 Å². The fourth-order valence-electron chi connectivity index (χ4n) is 4.87. The van der Waals surface area contributed by atoms with Gasteiger partial charge in [-0.3, -0.25) is 0 Å². The Labute approximate surface area is 127 Å². The lowest BCUT2D eigenvalue weighted by Gasteiger charge is -2.46. The summed E-state index contributed by atoms with van der Waals surface area (Å²) in [4.78, 5) is 17.3. The minimum atomic E-state index is 0.162.